The van der Waals surface area contributed by atoms with Gasteiger partial charge in [-0.15, -0.1) is 0 Å². The monoisotopic (exact) mass is 509 g/mol. The molecule has 3 aliphatic rings. The van der Waals surface area contributed by atoms with E-state index in [1.165, 1.54) is 0 Å². The van der Waals surface area contributed by atoms with E-state index in [1.807, 2.05) is 10.7 Å². The molecule has 1 spiro atoms. The van der Waals surface area contributed by atoms with Crippen LogP contribution in [0.25, 0.3) is 10.9 Å². The lowest BCUT2D eigenvalue weighted by molar-refractivity contribution is 0.102. The van der Waals surface area contributed by atoms with Crippen LogP contribution in [0.4, 0.5) is 11.5 Å². The first-order valence-corrected chi connectivity index (χ1v) is 14.3. The van der Waals surface area contributed by atoms with Gasteiger partial charge in [0.25, 0.3) is 5.56 Å². The number of nitriles is 1. The van der Waals surface area contributed by atoms with Crippen LogP contribution in [-0.4, -0.2) is 33.7 Å². The van der Waals surface area contributed by atoms with Crippen LogP contribution in [0.15, 0.2) is 40.2 Å². The van der Waals surface area contributed by atoms with Crippen LogP contribution in [-0.2, 0) is 0 Å². The minimum atomic E-state index is -3.15. The van der Waals surface area contributed by atoms with Crippen molar-refractivity contribution < 1.29 is 14.2 Å². The predicted octanol–water partition coefficient (Wildman–Crippen LogP) is 5.58. The van der Waals surface area contributed by atoms with Crippen molar-refractivity contribution in [1.29, 1.82) is 5.26 Å². The summed E-state index contributed by atoms with van der Waals surface area (Å²) in [6.45, 7) is 0. The van der Waals surface area contributed by atoms with E-state index in [2.05, 4.69) is 16.4 Å². The van der Waals surface area contributed by atoms with Crippen molar-refractivity contribution in [3.63, 3.8) is 0 Å². The molecule has 2 saturated carbocycles. The molecule has 3 unspecified atom stereocenters. The molecule has 3 atom stereocenters. The second-order valence-electron chi connectivity index (χ2n) is 10.4. The number of hydrogen-bond donors (Lipinski definition) is 5. The Bertz CT molecular complexity index is 1420. The highest BCUT2D eigenvalue weighted by molar-refractivity contribution is 8.25. The molecule has 9 nitrogen and oxygen atoms in total. The summed E-state index contributed by atoms with van der Waals surface area (Å²) in [5.41, 5.74) is 1.52. The topological polar surface area (TPSA) is 147 Å². The van der Waals surface area contributed by atoms with E-state index in [0.29, 0.717) is 45.7 Å². The van der Waals surface area contributed by atoms with E-state index in [1.54, 1.807) is 24.4 Å². The van der Waals surface area contributed by atoms with E-state index in [9.17, 15) is 24.3 Å². The number of aromatic nitrogens is 3. The average molecular weight is 510 g/mol. The Labute approximate surface area is 210 Å². The molecule has 0 bridgehead atoms. The van der Waals surface area contributed by atoms with Crippen molar-refractivity contribution in [2.24, 2.45) is 5.92 Å². The maximum atomic E-state index is 12.8. The van der Waals surface area contributed by atoms with Gasteiger partial charge in [-0.25, -0.2) is 0 Å². The maximum absolute atomic E-state index is 12.8. The van der Waals surface area contributed by atoms with Crippen molar-refractivity contribution in [3.8, 4) is 6.07 Å². The largest absolute Gasteiger partial charge is 0.386 e. The smallest absolute Gasteiger partial charge is 0.261 e. The van der Waals surface area contributed by atoms with Gasteiger partial charge in [0.15, 0.2) is 5.82 Å². The van der Waals surface area contributed by atoms with Crippen LogP contribution in [0.1, 0.15) is 75.5 Å². The van der Waals surface area contributed by atoms with Crippen molar-refractivity contribution in [1.82, 2.24) is 14.8 Å². The molecule has 0 saturated heterocycles. The number of hydrogen-bond acceptors (Lipinski definition) is 7. The summed E-state index contributed by atoms with van der Waals surface area (Å²) >= 11 is 0. The predicted molar refractivity (Wildman–Crippen MR) is 139 cm³/mol. The lowest BCUT2D eigenvalue weighted by Crippen LogP contribution is -2.38. The number of aliphatic hydroxyl groups is 1. The average Bonchev–Trinajstić information content (AvgIpc) is 3.33. The van der Waals surface area contributed by atoms with E-state index < -0.39 is 21.4 Å². The van der Waals surface area contributed by atoms with Crippen molar-refractivity contribution >= 4 is 33.0 Å². The molecule has 3 aromatic rings. The molecule has 2 aromatic heterocycles. The molecule has 190 valence electrons. The summed E-state index contributed by atoms with van der Waals surface area (Å²) in [7, 11) is -3.15. The van der Waals surface area contributed by atoms with Crippen LogP contribution >= 0.6 is 10.6 Å². The summed E-state index contributed by atoms with van der Waals surface area (Å²) in [6, 6.07) is 9.29. The quantitative estimate of drug-likeness (QED) is 0.309. The number of rotatable bonds is 3. The summed E-state index contributed by atoms with van der Waals surface area (Å²) in [5, 5.41) is 29.4. The highest BCUT2D eigenvalue weighted by Crippen LogP contribution is 2.74. The number of aromatic amines is 1. The molecule has 0 amide bonds. The molecular formula is C26H31N5O4S. The zero-order chi connectivity index (χ0) is 25.1. The summed E-state index contributed by atoms with van der Waals surface area (Å²) < 4.78 is 23.3. The van der Waals surface area contributed by atoms with Gasteiger partial charge in [0, 0.05) is 17.4 Å². The number of anilines is 2. The molecular weight excluding hydrogens is 478 g/mol. The Kier molecular flexibility index (Phi) is 5.64. The third kappa shape index (κ3) is 3.34. The van der Waals surface area contributed by atoms with Crippen LogP contribution in [0.2, 0.25) is 0 Å². The number of H-pyrrole nitrogens is 1. The third-order valence-electron chi connectivity index (χ3n) is 8.48. The highest BCUT2D eigenvalue weighted by Gasteiger charge is 2.57. The van der Waals surface area contributed by atoms with Gasteiger partial charge in [0.2, 0.25) is 0 Å². The van der Waals surface area contributed by atoms with Crippen LogP contribution in [0, 0.1) is 17.2 Å². The first kappa shape index (κ1) is 23.6. The molecule has 3 heterocycles. The third-order valence-corrected chi connectivity index (χ3v) is 11.2. The zero-order valence-corrected chi connectivity index (χ0v) is 20.8. The van der Waals surface area contributed by atoms with E-state index in [-0.39, 0.29) is 17.5 Å². The Hall–Kier alpha value is -2.84. The number of fused-ring (bicyclic) bond motifs is 2. The number of nitrogens with zero attached hydrogens (tertiary/aromatic N) is 3. The van der Waals surface area contributed by atoms with Crippen molar-refractivity contribution in [2.75, 3.05) is 5.32 Å². The van der Waals surface area contributed by atoms with Crippen LogP contribution < -0.4 is 10.9 Å². The lowest BCUT2D eigenvalue weighted by atomic mass is 9.82. The molecule has 5 N–H and O–H groups in total. The van der Waals surface area contributed by atoms with Crippen molar-refractivity contribution in [3.05, 3.63) is 46.4 Å². The molecule has 1 aromatic carbocycles. The number of aliphatic hydroxyl groups excluding tert-OH is 1. The Balaban J connectivity index is 1.40. The first-order chi connectivity index (χ1) is 17.4. The normalized spacial score (nSPS) is 27.4. The number of benzene rings is 1. The van der Waals surface area contributed by atoms with Gasteiger partial charge in [-0.05, 0) is 49.9 Å². The number of pyridine rings is 1. The lowest BCUT2D eigenvalue weighted by Gasteiger charge is -2.49. The van der Waals surface area contributed by atoms with Gasteiger partial charge in [-0.2, -0.15) is 21.0 Å². The Morgan fingerprint density at radius 1 is 1.14 bits per heavy atom. The van der Waals surface area contributed by atoms with E-state index in [0.717, 1.165) is 44.9 Å². The van der Waals surface area contributed by atoms with Gasteiger partial charge in [0.1, 0.15) is 11.5 Å². The molecule has 36 heavy (non-hydrogen) atoms. The van der Waals surface area contributed by atoms with E-state index in [4.69, 9.17) is 5.10 Å². The molecule has 1 aliphatic heterocycles. The Morgan fingerprint density at radius 3 is 2.69 bits per heavy atom. The second-order valence-corrected chi connectivity index (χ2v) is 12.8. The van der Waals surface area contributed by atoms with Crippen LogP contribution in [0.3, 0.4) is 0 Å². The SMILES string of the molecule is N#CC1CCCCC1n1nc(Nc2ccc3c(c2)C(O)C2(CCCCC2)S3(O)O)c2c(=O)[nH]ccc21. The molecule has 2 aliphatic carbocycles. The molecule has 0 radical (unpaired) electrons. The van der Waals surface area contributed by atoms with E-state index >= 15 is 0 Å². The van der Waals surface area contributed by atoms with Gasteiger partial charge in [-0.1, -0.05) is 32.1 Å². The Morgan fingerprint density at radius 2 is 1.92 bits per heavy atom. The maximum Gasteiger partial charge on any atom is 0.261 e. The molecule has 2 fully saturated rings. The standard InChI is InChI=1S/C26H31N5O4S/c27-15-16-6-2-3-7-19(16)31-20-10-13-28-25(33)22(20)24(30-31)29-17-8-9-21-18(14-17)23(32)26(36(21,34)35)11-4-1-5-12-26/h8-10,13-14,16,19,23,32,34-35H,1-7,11-12H2,(H,28,33)(H,29,30). The fraction of sp³-hybridized carbons (Fsp3) is 0.500. The first-order valence-electron chi connectivity index (χ1n) is 12.7. The summed E-state index contributed by atoms with van der Waals surface area (Å²) in [6.07, 6.45) is 8.21. The summed E-state index contributed by atoms with van der Waals surface area (Å²) in [5.74, 6) is 0.210. The van der Waals surface area contributed by atoms with Gasteiger partial charge in [0.05, 0.1) is 33.2 Å². The van der Waals surface area contributed by atoms with Crippen LogP contribution in [0.5, 0.6) is 0 Å². The van der Waals surface area contributed by atoms with Crippen molar-refractivity contribution in [2.45, 2.75) is 79.6 Å². The van der Waals surface area contributed by atoms with Gasteiger partial charge < -0.3 is 15.4 Å². The van der Waals surface area contributed by atoms with Gasteiger partial charge >= 0.3 is 0 Å². The fourth-order valence-corrected chi connectivity index (χ4v) is 9.09. The highest BCUT2D eigenvalue weighted by atomic mass is 32.3. The second kappa shape index (κ2) is 8.63. The number of nitrogens with one attached hydrogen (secondary N) is 2. The van der Waals surface area contributed by atoms with Gasteiger partial charge in [-0.3, -0.25) is 18.6 Å². The minimum absolute atomic E-state index is 0.107. The fourth-order valence-electron chi connectivity index (χ4n) is 6.60. The summed E-state index contributed by atoms with van der Waals surface area (Å²) in [4.78, 5) is 16.0. The molecule has 6 rings (SSSR count). The minimum Gasteiger partial charge on any atom is -0.386 e. The molecule has 10 heteroatoms. The zero-order valence-electron chi connectivity index (χ0n) is 20.0.